The highest BCUT2D eigenvalue weighted by molar-refractivity contribution is 7.78. The van der Waals surface area contributed by atoms with E-state index >= 15 is 0 Å². The first-order chi connectivity index (χ1) is 11.2. The molecule has 1 fully saturated rings. The smallest absolute Gasteiger partial charge is 0.144 e. The van der Waals surface area contributed by atoms with E-state index in [-0.39, 0.29) is 0 Å². The molecule has 0 bridgehead atoms. The first kappa shape index (κ1) is 16.5. The fourth-order valence-electron chi connectivity index (χ4n) is 3.54. The molecule has 0 N–H and O–H groups in total. The molecule has 3 rings (SSSR count). The summed E-state index contributed by atoms with van der Waals surface area (Å²) in [6.07, 6.45) is 4.59. The molecule has 2 aromatic rings. The number of nitrogens with zero attached hydrogens (tertiary/aromatic N) is 1. The van der Waals surface area contributed by atoms with Crippen molar-refractivity contribution in [1.29, 1.82) is 0 Å². The van der Waals surface area contributed by atoms with Crippen LogP contribution >= 0.6 is 7.14 Å². The third-order valence-electron chi connectivity index (χ3n) is 4.88. The number of likely N-dealkylation sites (tertiary alicyclic amines) is 1. The molecule has 1 heterocycles. The van der Waals surface area contributed by atoms with Crippen molar-refractivity contribution in [2.45, 2.75) is 32.2 Å². The summed E-state index contributed by atoms with van der Waals surface area (Å²) in [4.78, 5) is 2.52. The van der Waals surface area contributed by atoms with E-state index in [2.05, 4.69) is 11.8 Å². The van der Waals surface area contributed by atoms with Gasteiger partial charge in [-0.1, -0.05) is 67.1 Å². The molecule has 0 amide bonds. The van der Waals surface area contributed by atoms with Gasteiger partial charge in [-0.05, 0) is 32.9 Å². The Balaban J connectivity index is 1.91. The van der Waals surface area contributed by atoms with Crippen molar-refractivity contribution >= 4 is 17.8 Å². The second-order valence-corrected chi connectivity index (χ2v) is 9.42. The van der Waals surface area contributed by atoms with E-state index in [1.54, 1.807) is 0 Å². The lowest BCUT2D eigenvalue weighted by Gasteiger charge is -2.34. The Morgan fingerprint density at radius 3 is 1.83 bits per heavy atom. The van der Waals surface area contributed by atoms with Crippen LogP contribution in [0.1, 0.15) is 26.2 Å². The number of hydrogen-bond acceptors (Lipinski definition) is 2. The van der Waals surface area contributed by atoms with Gasteiger partial charge in [0.25, 0.3) is 0 Å². The molecule has 2 aromatic carbocycles. The van der Waals surface area contributed by atoms with Crippen molar-refractivity contribution < 1.29 is 4.57 Å². The van der Waals surface area contributed by atoms with Gasteiger partial charge < -0.3 is 9.46 Å². The fraction of sp³-hybridized carbons (Fsp3) is 0.400. The summed E-state index contributed by atoms with van der Waals surface area (Å²) in [5, 5.41) is 1.96. The van der Waals surface area contributed by atoms with Crippen LogP contribution in [0.25, 0.3) is 0 Å². The lowest BCUT2D eigenvalue weighted by atomic mass is 10.1. The van der Waals surface area contributed by atoms with Gasteiger partial charge in [0, 0.05) is 22.8 Å². The molecule has 1 aliphatic rings. The van der Waals surface area contributed by atoms with Gasteiger partial charge in [-0.15, -0.1) is 0 Å². The Morgan fingerprint density at radius 1 is 0.870 bits per heavy atom. The lowest BCUT2D eigenvalue weighted by molar-refractivity contribution is 0.186. The zero-order valence-corrected chi connectivity index (χ0v) is 14.8. The first-order valence-corrected chi connectivity index (χ1v) is 10.5. The number of hydrogen-bond donors (Lipinski definition) is 0. The molecule has 0 saturated carbocycles. The zero-order chi connectivity index (χ0) is 16.1. The normalized spacial score (nSPS) is 17.8. The third-order valence-corrected chi connectivity index (χ3v) is 8.19. The number of benzene rings is 2. The van der Waals surface area contributed by atoms with E-state index in [1.165, 1.54) is 19.3 Å². The number of piperidine rings is 1. The van der Waals surface area contributed by atoms with Crippen molar-refractivity contribution in [3.63, 3.8) is 0 Å². The van der Waals surface area contributed by atoms with Crippen molar-refractivity contribution in [3.8, 4) is 0 Å². The minimum atomic E-state index is -2.59. The van der Waals surface area contributed by atoms with Crippen molar-refractivity contribution in [1.82, 2.24) is 4.90 Å². The molecule has 1 aliphatic heterocycles. The Bertz CT molecular complexity index is 606. The van der Waals surface area contributed by atoms with Crippen LogP contribution in [0.2, 0.25) is 0 Å². The molecule has 2 nitrogen and oxygen atoms in total. The van der Waals surface area contributed by atoms with E-state index < -0.39 is 7.14 Å². The molecule has 0 spiro atoms. The third kappa shape index (κ3) is 3.76. The average Bonchev–Trinajstić information content (AvgIpc) is 2.64. The second kappa shape index (κ2) is 7.47. The molecular weight excluding hydrogens is 301 g/mol. The van der Waals surface area contributed by atoms with Gasteiger partial charge in [0.1, 0.15) is 7.14 Å². The van der Waals surface area contributed by atoms with Gasteiger partial charge in [-0.2, -0.15) is 0 Å². The Hall–Kier alpha value is -1.37. The van der Waals surface area contributed by atoms with E-state index in [0.29, 0.717) is 6.04 Å². The summed E-state index contributed by atoms with van der Waals surface area (Å²) in [5.74, 6) is 0. The summed E-state index contributed by atoms with van der Waals surface area (Å²) in [5.41, 5.74) is 0. The molecular formula is C20H26NOP. The fourth-order valence-corrected chi connectivity index (χ4v) is 6.55. The van der Waals surface area contributed by atoms with Crippen molar-refractivity contribution in [3.05, 3.63) is 60.7 Å². The molecule has 0 radical (unpaired) electrons. The highest BCUT2D eigenvalue weighted by atomic mass is 31.2. The molecule has 0 unspecified atom stereocenters. The van der Waals surface area contributed by atoms with Gasteiger partial charge in [-0.3, -0.25) is 0 Å². The lowest BCUT2D eigenvalue weighted by Crippen LogP contribution is -2.41. The molecule has 0 aliphatic carbocycles. The van der Waals surface area contributed by atoms with Crippen LogP contribution in [-0.2, 0) is 4.57 Å². The van der Waals surface area contributed by atoms with Crippen LogP contribution in [0.5, 0.6) is 0 Å². The Labute approximate surface area is 139 Å². The van der Waals surface area contributed by atoms with Crippen LogP contribution in [-0.4, -0.2) is 30.2 Å². The van der Waals surface area contributed by atoms with Crippen molar-refractivity contribution in [2.75, 3.05) is 19.3 Å². The zero-order valence-electron chi connectivity index (χ0n) is 13.9. The van der Waals surface area contributed by atoms with Crippen LogP contribution in [0.15, 0.2) is 60.7 Å². The van der Waals surface area contributed by atoms with Crippen molar-refractivity contribution in [2.24, 2.45) is 0 Å². The molecule has 1 atom stereocenters. The topological polar surface area (TPSA) is 20.3 Å². The Morgan fingerprint density at radius 2 is 1.35 bits per heavy atom. The molecule has 3 heteroatoms. The largest absolute Gasteiger partial charge is 0.314 e. The minimum absolute atomic E-state index is 0.349. The summed E-state index contributed by atoms with van der Waals surface area (Å²) in [6.45, 7) is 4.53. The van der Waals surface area contributed by atoms with E-state index in [4.69, 9.17) is 0 Å². The summed E-state index contributed by atoms with van der Waals surface area (Å²) >= 11 is 0. The maximum Gasteiger partial charge on any atom is 0.144 e. The molecule has 122 valence electrons. The van der Waals surface area contributed by atoms with Crippen LogP contribution in [0.3, 0.4) is 0 Å². The quantitative estimate of drug-likeness (QED) is 0.777. The first-order valence-electron chi connectivity index (χ1n) is 8.64. The van der Waals surface area contributed by atoms with Gasteiger partial charge in [0.05, 0.1) is 0 Å². The van der Waals surface area contributed by atoms with Gasteiger partial charge >= 0.3 is 0 Å². The number of rotatable bonds is 5. The maximum absolute atomic E-state index is 14.0. The van der Waals surface area contributed by atoms with E-state index in [1.807, 2.05) is 60.7 Å². The SMILES string of the molecule is C[C@H](CP(=O)(c1ccccc1)c1ccccc1)N1CCCCC1. The average molecular weight is 327 g/mol. The summed E-state index contributed by atoms with van der Waals surface area (Å²) in [6, 6.07) is 20.4. The maximum atomic E-state index is 14.0. The molecule has 1 saturated heterocycles. The monoisotopic (exact) mass is 327 g/mol. The second-order valence-electron chi connectivity index (χ2n) is 6.54. The summed E-state index contributed by atoms with van der Waals surface area (Å²) in [7, 11) is -2.59. The highest BCUT2D eigenvalue weighted by Crippen LogP contribution is 2.44. The van der Waals surface area contributed by atoms with Crippen LogP contribution in [0.4, 0.5) is 0 Å². The van der Waals surface area contributed by atoms with Crippen LogP contribution in [0, 0.1) is 0 Å². The Kier molecular flexibility index (Phi) is 5.35. The highest BCUT2D eigenvalue weighted by Gasteiger charge is 2.31. The van der Waals surface area contributed by atoms with Crippen LogP contribution < -0.4 is 10.6 Å². The van der Waals surface area contributed by atoms with E-state index in [0.717, 1.165) is 29.9 Å². The predicted molar refractivity (Wildman–Crippen MR) is 99.5 cm³/mol. The molecule has 0 aromatic heterocycles. The van der Waals surface area contributed by atoms with E-state index in [9.17, 15) is 4.57 Å². The van der Waals surface area contributed by atoms with Gasteiger partial charge in [0.2, 0.25) is 0 Å². The predicted octanol–water partition coefficient (Wildman–Crippen LogP) is 3.87. The van der Waals surface area contributed by atoms with Gasteiger partial charge in [-0.25, -0.2) is 0 Å². The summed E-state index contributed by atoms with van der Waals surface area (Å²) < 4.78 is 14.0. The van der Waals surface area contributed by atoms with Gasteiger partial charge in [0.15, 0.2) is 0 Å². The minimum Gasteiger partial charge on any atom is -0.314 e. The molecule has 23 heavy (non-hydrogen) atoms. The standard InChI is InChI=1S/C20H26NOP/c1-18(21-15-9-4-10-16-21)17-23(22,19-11-5-2-6-12-19)20-13-7-3-8-14-20/h2-3,5-8,11-14,18H,4,9-10,15-17H2,1H3/t18-/m1/s1.